The molecule has 224 valence electrons. The number of rotatable bonds is 5. The summed E-state index contributed by atoms with van der Waals surface area (Å²) < 4.78 is 0. The van der Waals surface area contributed by atoms with E-state index in [-0.39, 0.29) is 0 Å². The molecule has 0 aliphatic carbocycles. The van der Waals surface area contributed by atoms with Gasteiger partial charge in [0.2, 0.25) is 0 Å². The van der Waals surface area contributed by atoms with Crippen molar-refractivity contribution in [3.8, 4) is 55.6 Å². The molecule has 0 N–H and O–H groups in total. The Balaban J connectivity index is 1.32. The third-order valence-corrected chi connectivity index (χ3v) is 9.66. The third kappa shape index (κ3) is 4.78. The Bertz CT molecular complexity index is 2530. The second-order valence-electron chi connectivity index (χ2n) is 12.4. The van der Waals surface area contributed by atoms with Crippen LogP contribution in [0.1, 0.15) is 0 Å². The van der Waals surface area contributed by atoms with Gasteiger partial charge in [0.25, 0.3) is 0 Å². The lowest BCUT2D eigenvalue weighted by molar-refractivity contribution is 1.57. The van der Waals surface area contributed by atoms with Crippen molar-refractivity contribution in [1.29, 1.82) is 0 Å². The van der Waals surface area contributed by atoms with Gasteiger partial charge in [-0.3, -0.25) is 0 Å². The van der Waals surface area contributed by atoms with Gasteiger partial charge in [-0.05, 0) is 100 Å². The molecule has 0 heterocycles. The lowest BCUT2D eigenvalue weighted by Gasteiger charge is -2.20. The molecule has 0 unspecified atom stereocenters. The Labute approximate surface area is 281 Å². The summed E-state index contributed by atoms with van der Waals surface area (Å²) >= 11 is 0. The molecule has 9 rings (SSSR count). The van der Waals surface area contributed by atoms with Crippen LogP contribution in [0.15, 0.2) is 194 Å². The van der Waals surface area contributed by atoms with Gasteiger partial charge in [0.05, 0.1) is 0 Å². The molecule has 9 aromatic carbocycles. The average Bonchev–Trinajstić information content (AvgIpc) is 3.17. The SMILES string of the molecule is c1ccc(-c2ccc(-c3cccc(-c4cccc5ccccc45)c3)cc2-c2c3ccccc3c(-c3ccccc3)c3ccccc23)cc1. The third-order valence-electron chi connectivity index (χ3n) is 9.66. The van der Waals surface area contributed by atoms with Crippen LogP contribution in [0.5, 0.6) is 0 Å². The summed E-state index contributed by atoms with van der Waals surface area (Å²) in [6.07, 6.45) is 0. The van der Waals surface area contributed by atoms with E-state index in [1.54, 1.807) is 0 Å². The predicted molar refractivity (Wildman–Crippen MR) is 206 cm³/mol. The highest BCUT2D eigenvalue weighted by atomic mass is 14.2. The fourth-order valence-corrected chi connectivity index (χ4v) is 7.48. The van der Waals surface area contributed by atoms with Crippen molar-refractivity contribution in [3.63, 3.8) is 0 Å². The molecule has 0 heteroatoms. The molecule has 0 saturated heterocycles. The minimum atomic E-state index is 1.20. The van der Waals surface area contributed by atoms with Crippen LogP contribution in [-0.2, 0) is 0 Å². The van der Waals surface area contributed by atoms with Gasteiger partial charge in [-0.2, -0.15) is 0 Å². The molecule has 0 radical (unpaired) electrons. The Hall–Kier alpha value is -6.24. The van der Waals surface area contributed by atoms with Crippen LogP contribution in [0.4, 0.5) is 0 Å². The fraction of sp³-hybridized carbons (Fsp3) is 0. The second-order valence-corrected chi connectivity index (χ2v) is 12.4. The standard InChI is InChI=1S/C48H32/c1-3-15-33(16-4-1)41-30-29-37(36-21-13-22-38(31-36)40-28-14-20-34-17-7-8-23-39(34)40)32-46(41)48-44-26-11-9-24-42(44)47(35-18-5-2-6-19-35)43-25-10-12-27-45(43)48/h1-32H. The quantitative estimate of drug-likeness (QED) is 0.171. The highest BCUT2D eigenvalue weighted by molar-refractivity contribution is 6.22. The zero-order valence-corrected chi connectivity index (χ0v) is 26.5. The van der Waals surface area contributed by atoms with Gasteiger partial charge in [0.15, 0.2) is 0 Å². The predicted octanol–water partition coefficient (Wildman–Crippen LogP) is 13.5. The van der Waals surface area contributed by atoms with Crippen LogP contribution in [0.3, 0.4) is 0 Å². The van der Waals surface area contributed by atoms with Crippen LogP contribution in [-0.4, -0.2) is 0 Å². The number of hydrogen-bond acceptors (Lipinski definition) is 0. The first-order chi connectivity index (χ1) is 23.8. The summed E-state index contributed by atoms with van der Waals surface area (Å²) in [4.78, 5) is 0. The van der Waals surface area contributed by atoms with Gasteiger partial charge < -0.3 is 0 Å². The summed E-state index contributed by atoms with van der Waals surface area (Å²) in [5.74, 6) is 0. The first kappa shape index (κ1) is 28.0. The molecular weight excluding hydrogens is 577 g/mol. The molecular formula is C48H32. The van der Waals surface area contributed by atoms with Crippen LogP contribution in [0.25, 0.3) is 88.0 Å². The summed E-state index contributed by atoms with van der Waals surface area (Å²) in [5.41, 5.74) is 12.3. The maximum atomic E-state index is 2.42. The Kier molecular flexibility index (Phi) is 6.91. The molecule has 0 aromatic heterocycles. The van der Waals surface area contributed by atoms with Gasteiger partial charge in [0, 0.05) is 0 Å². The monoisotopic (exact) mass is 608 g/mol. The molecule has 0 amide bonds. The lowest BCUT2D eigenvalue weighted by Crippen LogP contribution is -1.93. The molecule has 0 aliphatic rings. The van der Waals surface area contributed by atoms with Crippen LogP contribution in [0, 0.1) is 0 Å². The van der Waals surface area contributed by atoms with Crippen LogP contribution >= 0.6 is 0 Å². The summed E-state index contributed by atoms with van der Waals surface area (Å²) in [6.45, 7) is 0. The van der Waals surface area contributed by atoms with Crippen LogP contribution < -0.4 is 0 Å². The molecule has 0 bridgehead atoms. The largest absolute Gasteiger partial charge is 0.0622 e. The van der Waals surface area contributed by atoms with E-state index in [0.717, 1.165) is 0 Å². The van der Waals surface area contributed by atoms with Gasteiger partial charge in [0.1, 0.15) is 0 Å². The number of fused-ring (bicyclic) bond motifs is 3. The van der Waals surface area contributed by atoms with Gasteiger partial charge in [-0.1, -0.05) is 182 Å². The molecule has 0 atom stereocenters. The van der Waals surface area contributed by atoms with Crippen LogP contribution in [0.2, 0.25) is 0 Å². The van der Waals surface area contributed by atoms with E-state index in [2.05, 4.69) is 194 Å². The summed E-state index contributed by atoms with van der Waals surface area (Å²) in [5, 5.41) is 7.57. The van der Waals surface area contributed by atoms with Crippen molar-refractivity contribution in [3.05, 3.63) is 194 Å². The van der Waals surface area contributed by atoms with Crippen molar-refractivity contribution >= 4 is 32.3 Å². The zero-order valence-electron chi connectivity index (χ0n) is 26.5. The van der Waals surface area contributed by atoms with E-state index in [9.17, 15) is 0 Å². The van der Waals surface area contributed by atoms with Gasteiger partial charge >= 0.3 is 0 Å². The first-order valence-corrected chi connectivity index (χ1v) is 16.6. The van der Waals surface area contributed by atoms with Gasteiger partial charge in [-0.15, -0.1) is 0 Å². The minimum Gasteiger partial charge on any atom is -0.0622 e. The highest BCUT2D eigenvalue weighted by Crippen LogP contribution is 2.47. The van der Waals surface area contributed by atoms with E-state index in [1.165, 1.54) is 88.0 Å². The average molecular weight is 609 g/mol. The van der Waals surface area contributed by atoms with Gasteiger partial charge in [-0.25, -0.2) is 0 Å². The van der Waals surface area contributed by atoms with Crippen molar-refractivity contribution in [2.24, 2.45) is 0 Å². The Morgan fingerprint density at radius 3 is 1.38 bits per heavy atom. The molecule has 0 saturated carbocycles. The number of hydrogen-bond donors (Lipinski definition) is 0. The maximum absolute atomic E-state index is 2.42. The second kappa shape index (κ2) is 11.8. The van der Waals surface area contributed by atoms with Crippen molar-refractivity contribution in [2.45, 2.75) is 0 Å². The van der Waals surface area contributed by atoms with Crippen molar-refractivity contribution in [1.82, 2.24) is 0 Å². The summed E-state index contributed by atoms with van der Waals surface area (Å²) in [6, 6.07) is 70.7. The lowest BCUT2D eigenvalue weighted by atomic mass is 9.83. The maximum Gasteiger partial charge on any atom is -0.00199 e. The van der Waals surface area contributed by atoms with Crippen molar-refractivity contribution < 1.29 is 0 Å². The van der Waals surface area contributed by atoms with E-state index >= 15 is 0 Å². The Morgan fingerprint density at radius 1 is 0.208 bits per heavy atom. The Morgan fingerprint density at radius 2 is 0.688 bits per heavy atom. The smallest absolute Gasteiger partial charge is 0.00199 e. The van der Waals surface area contributed by atoms with E-state index in [0.29, 0.717) is 0 Å². The molecule has 9 aromatic rings. The molecule has 0 aliphatic heterocycles. The summed E-state index contributed by atoms with van der Waals surface area (Å²) in [7, 11) is 0. The highest BCUT2D eigenvalue weighted by Gasteiger charge is 2.19. The molecule has 0 fully saturated rings. The van der Waals surface area contributed by atoms with E-state index in [1.807, 2.05) is 0 Å². The van der Waals surface area contributed by atoms with E-state index < -0.39 is 0 Å². The normalized spacial score (nSPS) is 11.3. The molecule has 0 spiro atoms. The fourth-order valence-electron chi connectivity index (χ4n) is 7.48. The first-order valence-electron chi connectivity index (χ1n) is 16.6. The minimum absolute atomic E-state index is 1.20. The molecule has 0 nitrogen and oxygen atoms in total. The van der Waals surface area contributed by atoms with E-state index in [4.69, 9.17) is 0 Å². The topological polar surface area (TPSA) is 0 Å². The zero-order chi connectivity index (χ0) is 31.9. The van der Waals surface area contributed by atoms with Crippen molar-refractivity contribution in [2.75, 3.05) is 0 Å². The number of benzene rings is 9. The molecule has 48 heavy (non-hydrogen) atoms.